The summed E-state index contributed by atoms with van der Waals surface area (Å²) in [6.07, 6.45) is 2.80. The second-order valence-corrected chi connectivity index (χ2v) is 9.92. The number of benzene rings is 2. The monoisotopic (exact) mass is 479 g/mol. The van der Waals surface area contributed by atoms with Crippen molar-refractivity contribution in [1.82, 2.24) is 10.2 Å². The van der Waals surface area contributed by atoms with E-state index in [1.54, 1.807) is 25.1 Å². The molecule has 0 aliphatic carbocycles. The average Bonchev–Trinajstić information content (AvgIpc) is 2.75. The minimum Gasteiger partial charge on any atom is -0.354 e. The number of halogens is 1. The minimum atomic E-state index is -3.77. The van der Waals surface area contributed by atoms with Crippen LogP contribution in [0.1, 0.15) is 32.3 Å². The van der Waals surface area contributed by atoms with E-state index in [9.17, 15) is 18.0 Å². The highest BCUT2D eigenvalue weighted by Gasteiger charge is 2.30. The molecule has 0 radical (unpaired) electrons. The van der Waals surface area contributed by atoms with Gasteiger partial charge in [0.25, 0.3) is 0 Å². The maximum atomic E-state index is 13.3. The van der Waals surface area contributed by atoms with Crippen molar-refractivity contribution in [2.24, 2.45) is 0 Å². The highest BCUT2D eigenvalue weighted by atomic mass is 35.5. The highest BCUT2D eigenvalue weighted by Crippen LogP contribution is 2.22. The molecule has 1 N–H and O–H groups in total. The Hall–Kier alpha value is -2.58. The van der Waals surface area contributed by atoms with Crippen molar-refractivity contribution in [2.45, 2.75) is 39.3 Å². The van der Waals surface area contributed by atoms with Crippen molar-refractivity contribution < 1.29 is 18.0 Å². The zero-order valence-corrected chi connectivity index (χ0v) is 20.2. The maximum Gasteiger partial charge on any atom is 0.244 e. The summed E-state index contributed by atoms with van der Waals surface area (Å²) >= 11 is 6.03. The number of rotatable bonds is 11. The summed E-state index contributed by atoms with van der Waals surface area (Å²) in [7, 11) is -3.77. The number of carbonyl (C=O) groups is 2. The molecule has 2 rings (SSSR count). The minimum absolute atomic E-state index is 0.176. The summed E-state index contributed by atoms with van der Waals surface area (Å²) in [5.74, 6) is -0.770. The molecule has 174 valence electrons. The molecule has 2 aromatic carbocycles. The molecular formula is C23H30ClN3O4S. The number of anilines is 1. The van der Waals surface area contributed by atoms with Gasteiger partial charge in [0, 0.05) is 18.1 Å². The first kappa shape index (κ1) is 25.7. The number of unbranched alkanes of at least 4 members (excludes halogenated alkanes) is 1. The average molecular weight is 480 g/mol. The van der Waals surface area contributed by atoms with E-state index in [0.29, 0.717) is 11.6 Å². The predicted octanol–water partition coefficient (Wildman–Crippen LogP) is 3.44. The first-order valence-corrected chi connectivity index (χ1v) is 12.7. The molecular weight excluding hydrogens is 450 g/mol. The summed E-state index contributed by atoms with van der Waals surface area (Å²) < 4.78 is 25.9. The SMILES string of the molecule is CCCCNC(=O)[C@@H](C)N(Cc1ccccc1)C(=O)CN(c1cccc(Cl)c1)S(C)(=O)=O. The van der Waals surface area contributed by atoms with Crippen LogP contribution in [0.5, 0.6) is 0 Å². The Morgan fingerprint density at radius 2 is 1.78 bits per heavy atom. The Morgan fingerprint density at radius 1 is 1.09 bits per heavy atom. The third-order valence-electron chi connectivity index (χ3n) is 4.97. The molecule has 0 spiro atoms. The van der Waals surface area contributed by atoms with E-state index in [2.05, 4.69) is 5.32 Å². The molecule has 1 atom stereocenters. The van der Waals surface area contributed by atoms with Gasteiger partial charge in [-0.25, -0.2) is 8.42 Å². The van der Waals surface area contributed by atoms with Crippen LogP contribution in [-0.4, -0.2) is 50.5 Å². The molecule has 0 aliphatic rings. The standard InChI is InChI=1S/C23H30ClN3O4S/c1-4-5-14-25-23(29)18(2)26(16-19-10-7-6-8-11-19)22(28)17-27(32(3,30)31)21-13-9-12-20(24)15-21/h6-13,15,18H,4-5,14,16-17H2,1-3H3,(H,25,29)/t18-/m1/s1. The van der Waals surface area contributed by atoms with E-state index >= 15 is 0 Å². The molecule has 0 saturated carbocycles. The molecule has 0 saturated heterocycles. The van der Waals surface area contributed by atoms with Crippen LogP contribution >= 0.6 is 11.6 Å². The Labute approximate surface area is 195 Å². The fourth-order valence-corrected chi connectivity index (χ4v) is 4.17. The van der Waals surface area contributed by atoms with Gasteiger partial charge in [-0.05, 0) is 37.1 Å². The van der Waals surface area contributed by atoms with Crippen molar-refractivity contribution >= 4 is 39.1 Å². The third-order valence-corrected chi connectivity index (χ3v) is 6.34. The first-order chi connectivity index (χ1) is 15.1. The van der Waals surface area contributed by atoms with Crippen molar-refractivity contribution in [3.05, 3.63) is 65.2 Å². The summed E-state index contributed by atoms with van der Waals surface area (Å²) in [4.78, 5) is 27.4. The molecule has 0 fully saturated rings. The van der Waals surface area contributed by atoms with E-state index < -0.39 is 28.5 Å². The predicted molar refractivity (Wildman–Crippen MR) is 128 cm³/mol. The van der Waals surface area contributed by atoms with Gasteiger partial charge in [-0.3, -0.25) is 13.9 Å². The van der Waals surface area contributed by atoms with E-state index in [-0.39, 0.29) is 18.1 Å². The Morgan fingerprint density at radius 3 is 2.38 bits per heavy atom. The van der Waals surface area contributed by atoms with Gasteiger partial charge in [-0.1, -0.05) is 61.3 Å². The fourth-order valence-electron chi connectivity index (χ4n) is 3.14. The Balaban J connectivity index is 2.31. The molecule has 0 heterocycles. The van der Waals surface area contributed by atoms with Crippen LogP contribution in [0.4, 0.5) is 5.69 Å². The van der Waals surface area contributed by atoms with Crippen LogP contribution in [0.15, 0.2) is 54.6 Å². The van der Waals surface area contributed by atoms with Gasteiger partial charge in [0.05, 0.1) is 11.9 Å². The third kappa shape index (κ3) is 7.53. The number of sulfonamides is 1. The van der Waals surface area contributed by atoms with Crippen molar-refractivity contribution in [1.29, 1.82) is 0 Å². The van der Waals surface area contributed by atoms with E-state index in [4.69, 9.17) is 11.6 Å². The molecule has 9 heteroatoms. The van der Waals surface area contributed by atoms with Gasteiger partial charge in [-0.2, -0.15) is 0 Å². The molecule has 0 unspecified atom stereocenters. The molecule has 2 aromatic rings. The van der Waals surface area contributed by atoms with Crippen LogP contribution in [0.25, 0.3) is 0 Å². The van der Waals surface area contributed by atoms with Gasteiger partial charge in [0.2, 0.25) is 21.8 Å². The molecule has 32 heavy (non-hydrogen) atoms. The largest absolute Gasteiger partial charge is 0.354 e. The van der Waals surface area contributed by atoms with E-state index in [1.165, 1.54) is 11.0 Å². The van der Waals surface area contributed by atoms with Crippen LogP contribution in [0.2, 0.25) is 5.02 Å². The van der Waals surface area contributed by atoms with Crippen LogP contribution < -0.4 is 9.62 Å². The molecule has 0 aliphatic heterocycles. The Kier molecular flexibility index (Phi) is 9.53. The lowest BCUT2D eigenvalue weighted by atomic mass is 10.1. The Bertz CT molecular complexity index is 1010. The zero-order valence-electron chi connectivity index (χ0n) is 18.6. The first-order valence-electron chi connectivity index (χ1n) is 10.5. The lowest BCUT2D eigenvalue weighted by molar-refractivity contribution is -0.139. The quantitative estimate of drug-likeness (QED) is 0.500. The number of nitrogens with one attached hydrogen (secondary N) is 1. The van der Waals surface area contributed by atoms with Crippen LogP contribution in [-0.2, 0) is 26.2 Å². The van der Waals surface area contributed by atoms with Gasteiger partial charge in [0.1, 0.15) is 12.6 Å². The molecule has 0 aromatic heterocycles. The summed E-state index contributed by atoms with van der Waals surface area (Å²) in [5.41, 5.74) is 1.12. The van der Waals surface area contributed by atoms with Crippen LogP contribution in [0.3, 0.4) is 0 Å². The lowest BCUT2D eigenvalue weighted by Crippen LogP contribution is -2.51. The second-order valence-electron chi connectivity index (χ2n) is 7.58. The number of hydrogen-bond donors (Lipinski definition) is 1. The number of carbonyl (C=O) groups excluding carboxylic acids is 2. The number of hydrogen-bond acceptors (Lipinski definition) is 4. The van der Waals surface area contributed by atoms with Gasteiger partial charge < -0.3 is 10.2 Å². The lowest BCUT2D eigenvalue weighted by Gasteiger charge is -2.31. The summed E-state index contributed by atoms with van der Waals surface area (Å²) in [6.45, 7) is 3.92. The van der Waals surface area contributed by atoms with Crippen LogP contribution in [0, 0.1) is 0 Å². The normalized spacial score (nSPS) is 12.1. The van der Waals surface area contributed by atoms with Crippen molar-refractivity contribution in [3.8, 4) is 0 Å². The molecule has 7 nitrogen and oxygen atoms in total. The number of amides is 2. The van der Waals surface area contributed by atoms with Gasteiger partial charge in [-0.15, -0.1) is 0 Å². The van der Waals surface area contributed by atoms with E-state index in [0.717, 1.165) is 29.0 Å². The second kappa shape index (κ2) is 11.9. The topological polar surface area (TPSA) is 86.8 Å². The summed E-state index contributed by atoms with van der Waals surface area (Å²) in [6, 6.07) is 14.8. The maximum absolute atomic E-state index is 13.3. The fraction of sp³-hybridized carbons (Fsp3) is 0.391. The van der Waals surface area contributed by atoms with E-state index in [1.807, 2.05) is 37.3 Å². The van der Waals surface area contributed by atoms with Gasteiger partial charge in [0.15, 0.2) is 0 Å². The summed E-state index contributed by atoms with van der Waals surface area (Å²) in [5, 5.41) is 3.20. The molecule has 0 bridgehead atoms. The van der Waals surface area contributed by atoms with Gasteiger partial charge >= 0.3 is 0 Å². The zero-order chi connectivity index (χ0) is 23.7. The number of nitrogens with zero attached hydrogens (tertiary/aromatic N) is 2. The smallest absolute Gasteiger partial charge is 0.244 e. The van der Waals surface area contributed by atoms with Crippen molar-refractivity contribution in [2.75, 3.05) is 23.7 Å². The van der Waals surface area contributed by atoms with Crippen molar-refractivity contribution in [3.63, 3.8) is 0 Å². The molecule has 2 amide bonds. The highest BCUT2D eigenvalue weighted by molar-refractivity contribution is 7.92.